The first-order valence-electron chi connectivity index (χ1n) is 8.77. The Morgan fingerprint density at radius 2 is 2.00 bits per heavy atom. The van der Waals surface area contributed by atoms with Crippen LogP contribution in [0.4, 0.5) is 0 Å². The number of hydrogen-bond donors (Lipinski definition) is 0. The van der Waals surface area contributed by atoms with Gasteiger partial charge in [0.15, 0.2) is 0 Å². The average Bonchev–Trinajstić information content (AvgIpc) is 3.27. The van der Waals surface area contributed by atoms with Crippen molar-refractivity contribution in [2.24, 2.45) is 17.8 Å². The second kappa shape index (κ2) is 6.04. The molecule has 0 aromatic carbocycles. The van der Waals surface area contributed by atoms with Gasteiger partial charge in [-0.3, -0.25) is 14.6 Å². The van der Waals surface area contributed by atoms with Crippen LogP contribution in [-0.2, 0) is 16.1 Å². The maximum Gasteiger partial charge on any atom is 0.228 e. The number of nitrogens with zero attached hydrogens (tertiary/aromatic N) is 3. The number of aromatic nitrogens is 1. The minimum Gasteiger partial charge on any atom is -0.341 e. The van der Waals surface area contributed by atoms with Crippen molar-refractivity contribution in [3.63, 3.8) is 0 Å². The molecule has 2 aliphatic heterocycles. The fraction of sp³-hybridized carbons (Fsp3) is 0.526. The molecule has 0 unspecified atom stereocenters. The van der Waals surface area contributed by atoms with Crippen LogP contribution >= 0.6 is 0 Å². The first-order chi connectivity index (χ1) is 11.6. The summed E-state index contributed by atoms with van der Waals surface area (Å²) in [6, 6.07) is 5.91. The third-order valence-corrected chi connectivity index (χ3v) is 5.49. The number of allylic oxidation sites excluding steroid dienone is 2. The zero-order chi connectivity index (χ0) is 16.7. The van der Waals surface area contributed by atoms with E-state index in [1.54, 1.807) is 0 Å². The molecule has 2 atom stereocenters. The van der Waals surface area contributed by atoms with Crippen molar-refractivity contribution >= 4 is 11.8 Å². The molecular formula is C19H23N3O2. The Morgan fingerprint density at radius 1 is 1.21 bits per heavy atom. The third kappa shape index (κ3) is 2.72. The Bertz CT molecular complexity index is 692. The summed E-state index contributed by atoms with van der Waals surface area (Å²) in [6.45, 7) is 4.60. The van der Waals surface area contributed by atoms with Crippen molar-refractivity contribution in [2.75, 3.05) is 19.6 Å². The summed E-state index contributed by atoms with van der Waals surface area (Å²) in [4.78, 5) is 33.6. The van der Waals surface area contributed by atoms with E-state index < -0.39 is 0 Å². The second-order valence-corrected chi connectivity index (χ2v) is 7.24. The van der Waals surface area contributed by atoms with Crippen molar-refractivity contribution in [3.05, 3.63) is 41.7 Å². The number of carbonyl (C=O) groups is 2. The summed E-state index contributed by atoms with van der Waals surface area (Å²) in [5, 5.41) is 0. The molecule has 2 fully saturated rings. The maximum atomic E-state index is 12.7. The van der Waals surface area contributed by atoms with Crippen LogP contribution in [0.1, 0.15) is 24.2 Å². The molecule has 0 saturated carbocycles. The molecule has 2 amide bonds. The smallest absolute Gasteiger partial charge is 0.228 e. The van der Waals surface area contributed by atoms with Gasteiger partial charge < -0.3 is 9.80 Å². The van der Waals surface area contributed by atoms with Gasteiger partial charge in [0.25, 0.3) is 0 Å². The van der Waals surface area contributed by atoms with Gasteiger partial charge in [0, 0.05) is 37.2 Å². The molecule has 24 heavy (non-hydrogen) atoms. The topological polar surface area (TPSA) is 53.5 Å². The first kappa shape index (κ1) is 15.4. The molecule has 1 aliphatic carbocycles. The molecule has 0 bridgehead atoms. The third-order valence-electron chi connectivity index (χ3n) is 5.49. The number of fused-ring (bicyclic) bond motifs is 1. The van der Waals surface area contributed by atoms with Crippen LogP contribution in [0.15, 0.2) is 30.4 Å². The highest BCUT2D eigenvalue weighted by atomic mass is 16.2. The van der Waals surface area contributed by atoms with E-state index >= 15 is 0 Å². The Morgan fingerprint density at radius 3 is 2.71 bits per heavy atom. The minimum atomic E-state index is -0.0203. The zero-order valence-electron chi connectivity index (χ0n) is 14.0. The Hall–Kier alpha value is -2.17. The number of pyridine rings is 1. The molecule has 2 saturated heterocycles. The van der Waals surface area contributed by atoms with Gasteiger partial charge in [0.2, 0.25) is 11.8 Å². The van der Waals surface area contributed by atoms with E-state index in [2.05, 4.69) is 17.1 Å². The molecule has 126 valence electrons. The minimum absolute atomic E-state index is 0.0203. The Labute approximate surface area is 142 Å². The van der Waals surface area contributed by atoms with Crippen molar-refractivity contribution in [1.29, 1.82) is 0 Å². The summed E-state index contributed by atoms with van der Waals surface area (Å²) in [6.07, 6.45) is 5.87. The molecule has 1 aromatic heterocycles. The Kier molecular flexibility index (Phi) is 3.87. The lowest BCUT2D eigenvalue weighted by Crippen LogP contribution is -2.38. The van der Waals surface area contributed by atoms with Crippen molar-refractivity contribution in [1.82, 2.24) is 14.8 Å². The number of aryl methyl sites for hydroxylation is 1. The molecule has 0 spiro atoms. The van der Waals surface area contributed by atoms with Gasteiger partial charge >= 0.3 is 0 Å². The lowest BCUT2D eigenvalue weighted by Gasteiger charge is -2.24. The predicted octanol–water partition coefficient (Wildman–Crippen LogP) is 1.77. The summed E-state index contributed by atoms with van der Waals surface area (Å²) in [7, 11) is 0. The fourth-order valence-corrected chi connectivity index (χ4v) is 4.23. The second-order valence-electron chi connectivity index (χ2n) is 7.24. The van der Waals surface area contributed by atoms with Crippen LogP contribution in [0.25, 0.3) is 0 Å². The van der Waals surface area contributed by atoms with Gasteiger partial charge in [0.05, 0.1) is 18.2 Å². The van der Waals surface area contributed by atoms with Crippen molar-refractivity contribution in [3.8, 4) is 0 Å². The van der Waals surface area contributed by atoms with E-state index in [4.69, 9.17) is 0 Å². The lowest BCUT2D eigenvalue weighted by molar-refractivity contribution is -0.136. The maximum absolute atomic E-state index is 12.7. The largest absolute Gasteiger partial charge is 0.341 e. The van der Waals surface area contributed by atoms with Crippen LogP contribution in [0, 0.1) is 24.7 Å². The zero-order valence-corrected chi connectivity index (χ0v) is 14.0. The van der Waals surface area contributed by atoms with E-state index in [1.165, 1.54) is 0 Å². The number of carbonyl (C=O) groups excluding carboxylic acids is 2. The molecule has 0 radical (unpaired) electrons. The fourth-order valence-electron chi connectivity index (χ4n) is 4.23. The summed E-state index contributed by atoms with van der Waals surface area (Å²) < 4.78 is 0. The van der Waals surface area contributed by atoms with Gasteiger partial charge in [0.1, 0.15) is 0 Å². The van der Waals surface area contributed by atoms with Gasteiger partial charge in [-0.05, 0) is 31.9 Å². The molecule has 3 aliphatic rings. The van der Waals surface area contributed by atoms with E-state index in [9.17, 15) is 9.59 Å². The van der Waals surface area contributed by atoms with Crippen LogP contribution in [0.3, 0.4) is 0 Å². The van der Waals surface area contributed by atoms with Crippen LogP contribution in [0.5, 0.6) is 0 Å². The number of hydrogen-bond acceptors (Lipinski definition) is 3. The van der Waals surface area contributed by atoms with E-state index in [1.807, 2.05) is 34.9 Å². The van der Waals surface area contributed by atoms with Crippen LogP contribution in [-0.4, -0.2) is 46.2 Å². The highest BCUT2D eigenvalue weighted by Gasteiger charge is 2.47. The number of likely N-dealkylation sites (tertiary alicyclic amines) is 2. The quantitative estimate of drug-likeness (QED) is 0.796. The SMILES string of the molecule is Cc1cccc(CN2C[C@@H]3CN(C(=O)C4CC=CC4)C[C@@H]3C2=O)n1. The monoisotopic (exact) mass is 325 g/mol. The first-order valence-corrected chi connectivity index (χ1v) is 8.77. The van der Waals surface area contributed by atoms with Gasteiger partial charge in [-0.15, -0.1) is 0 Å². The standard InChI is InChI=1S/C19H23N3O2/c1-13-5-4-8-16(20-13)11-21-9-15-10-22(12-17(15)19(21)24)18(23)14-6-2-3-7-14/h2-5,8,14-15,17H,6-7,9-12H2,1H3/t15-,17+/m1/s1. The normalized spacial score (nSPS) is 26.5. The predicted molar refractivity (Wildman–Crippen MR) is 89.8 cm³/mol. The molecule has 5 heteroatoms. The lowest BCUT2D eigenvalue weighted by atomic mass is 10.0. The van der Waals surface area contributed by atoms with Gasteiger partial charge in [-0.25, -0.2) is 0 Å². The molecule has 5 nitrogen and oxygen atoms in total. The Balaban J connectivity index is 1.38. The van der Waals surface area contributed by atoms with Crippen molar-refractivity contribution in [2.45, 2.75) is 26.3 Å². The molecule has 3 heterocycles. The van der Waals surface area contributed by atoms with E-state index in [-0.39, 0.29) is 29.6 Å². The number of amides is 2. The highest BCUT2D eigenvalue weighted by molar-refractivity contribution is 5.85. The average molecular weight is 325 g/mol. The summed E-state index contributed by atoms with van der Waals surface area (Å²) in [5.41, 5.74) is 1.91. The van der Waals surface area contributed by atoms with Gasteiger partial charge in [-0.1, -0.05) is 18.2 Å². The highest BCUT2D eigenvalue weighted by Crippen LogP contribution is 2.34. The molecule has 0 N–H and O–H groups in total. The summed E-state index contributed by atoms with van der Waals surface area (Å²) in [5.74, 6) is 0.775. The molecular weight excluding hydrogens is 302 g/mol. The molecule has 1 aromatic rings. The van der Waals surface area contributed by atoms with Crippen LogP contribution < -0.4 is 0 Å². The van der Waals surface area contributed by atoms with E-state index in [0.29, 0.717) is 13.1 Å². The summed E-state index contributed by atoms with van der Waals surface area (Å²) >= 11 is 0. The van der Waals surface area contributed by atoms with Crippen LogP contribution in [0.2, 0.25) is 0 Å². The molecule has 4 rings (SSSR count). The van der Waals surface area contributed by atoms with Gasteiger partial charge in [-0.2, -0.15) is 0 Å². The van der Waals surface area contributed by atoms with Crippen molar-refractivity contribution < 1.29 is 9.59 Å². The number of rotatable bonds is 3. The van der Waals surface area contributed by atoms with E-state index in [0.717, 1.165) is 37.3 Å².